The third-order valence-corrected chi connectivity index (χ3v) is 3.22. The van der Waals surface area contributed by atoms with E-state index >= 15 is 0 Å². The van der Waals surface area contributed by atoms with Crippen LogP contribution in [0.5, 0.6) is 5.75 Å². The second-order valence-electron chi connectivity index (χ2n) is 4.45. The summed E-state index contributed by atoms with van der Waals surface area (Å²) in [6.07, 6.45) is 2.57. The molecule has 0 aliphatic carbocycles. The van der Waals surface area contributed by atoms with Gasteiger partial charge in [0, 0.05) is 17.8 Å². The largest absolute Gasteiger partial charge is 0.495 e. The molecule has 2 aromatic heterocycles. The van der Waals surface area contributed by atoms with Gasteiger partial charge in [-0.3, -0.25) is 9.97 Å². The van der Waals surface area contributed by atoms with E-state index in [0.29, 0.717) is 11.4 Å². The van der Waals surface area contributed by atoms with E-state index < -0.39 is 6.10 Å². The minimum Gasteiger partial charge on any atom is -0.495 e. The summed E-state index contributed by atoms with van der Waals surface area (Å²) in [6, 6.07) is 13.1. The topological polar surface area (TPSA) is 55.2 Å². The van der Waals surface area contributed by atoms with Gasteiger partial charge in [0.1, 0.15) is 17.5 Å². The maximum absolute atomic E-state index is 10.5. The number of aliphatic hydroxyl groups is 1. The molecule has 3 aromatic rings. The maximum atomic E-state index is 10.5. The Kier molecular flexibility index (Phi) is 3.31. The fourth-order valence-electron chi connectivity index (χ4n) is 2.20. The molecule has 0 amide bonds. The first kappa shape index (κ1) is 12.6. The molecule has 1 unspecified atom stereocenters. The van der Waals surface area contributed by atoms with Crippen LogP contribution >= 0.6 is 0 Å². The standard InChI is InChI=1S/C16H14N2O2/c1-20-14-5-3-9-18-15(14)16(19)12-6-7-13-11(10-12)4-2-8-17-13/h2-10,16,19H,1H3. The van der Waals surface area contributed by atoms with Crippen LogP contribution in [0.2, 0.25) is 0 Å². The fourth-order valence-corrected chi connectivity index (χ4v) is 2.20. The van der Waals surface area contributed by atoms with Gasteiger partial charge in [-0.2, -0.15) is 0 Å². The molecular weight excluding hydrogens is 252 g/mol. The monoisotopic (exact) mass is 266 g/mol. The van der Waals surface area contributed by atoms with Gasteiger partial charge < -0.3 is 9.84 Å². The summed E-state index contributed by atoms with van der Waals surface area (Å²) in [5.74, 6) is 0.575. The number of aromatic nitrogens is 2. The minimum atomic E-state index is -0.823. The predicted molar refractivity (Wildman–Crippen MR) is 76.6 cm³/mol. The van der Waals surface area contributed by atoms with Crippen molar-refractivity contribution in [2.24, 2.45) is 0 Å². The van der Waals surface area contributed by atoms with Crippen molar-refractivity contribution in [3.05, 3.63) is 66.1 Å². The Bertz CT molecular complexity index is 743. The lowest BCUT2D eigenvalue weighted by Crippen LogP contribution is -2.04. The summed E-state index contributed by atoms with van der Waals surface area (Å²) in [7, 11) is 1.57. The highest BCUT2D eigenvalue weighted by atomic mass is 16.5. The highest BCUT2D eigenvalue weighted by molar-refractivity contribution is 5.79. The number of rotatable bonds is 3. The van der Waals surface area contributed by atoms with E-state index in [2.05, 4.69) is 9.97 Å². The molecule has 0 radical (unpaired) electrons. The molecular formula is C16H14N2O2. The third-order valence-electron chi connectivity index (χ3n) is 3.22. The lowest BCUT2D eigenvalue weighted by Gasteiger charge is -2.14. The van der Waals surface area contributed by atoms with Gasteiger partial charge in [0.25, 0.3) is 0 Å². The number of pyridine rings is 2. The Hall–Kier alpha value is -2.46. The summed E-state index contributed by atoms with van der Waals surface area (Å²) >= 11 is 0. The van der Waals surface area contributed by atoms with E-state index in [9.17, 15) is 5.11 Å². The van der Waals surface area contributed by atoms with Gasteiger partial charge in [-0.25, -0.2) is 0 Å². The number of aliphatic hydroxyl groups excluding tert-OH is 1. The molecule has 1 atom stereocenters. The highest BCUT2D eigenvalue weighted by Crippen LogP contribution is 2.29. The van der Waals surface area contributed by atoms with Crippen molar-refractivity contribution in [1.29, 1.82) is 0 Å². The zero-order valence-electron chi connectivity index (χ0n) is 11.0. The lowest BCUT2D eigenvalue weighted by atomic mass is 10.0. The Morgan fingerprint density at radius 1 is 1.05 bits per heavy atom. The van der Waals surface area contributed by atoms with Gasteiger partial charge in [0.2, 0.25) is 0 Å². The molecule has 1 N–H and O–H groups in total. The molecule has 0 aliphatic heterocycles. The van der Waals surface area contributed by atoms with Gasteiger partial charge in [-0.05, 0) is 35.9 Å². The van der Waals surface area contributed by atoms with Gasteiger partial charge in [0.05, 0.1) is 12.6 Å². The zero-order chi connectivity index (χ0) is 13.9. The van der Waals surface area contributed by atoms with Crippen LogP contribution in [0.4, 0.5) is 0 Å². The van der Waals surface area contributed by atoms with E-state index in [4.69, 9.17) is 4.74 Å². The Labute approximate surface area is 116 Å². The predicted octanol–water partition coefficient (Wildman–Crippen LogP) is 2.72. The Morgan fingerprint density at radius 3 is 2.70 bits per heavy atom. The average Bonchev–Trinajstić information content (AvgIpc) is 2.53. The molecule has 0 spiro atoms. The van der Waals surface area contributed by atoms with Crippen molar-refractivity contribution < 1.29 is 9.84 Å². The summed E-state index contributed by atoms with van der Waals surface area (Å²) in [5.41, 5.74) is 2.18. The molecule has 0 saturated carbocycles. The Balaban J connectivity index is 2.05. The SMILES string of the molecule is COc1cccnc1C(O)c1ccc2ncccc2c1. The normalized spacial score (nSPS) is 12.3. The van der Waals surface area contributed by atoms with Crippen molar-refractivity contribution >= 4 is 10.9 Å². The summed E-state index contributed by atoms with van der Waals surface area (Å²) in [5, 5.41) is 11.5. The van der Waals surface area contributed by atoms with Crippen LogP contribution in [0.1, 0.15) is 17.4 Å². The average molecular weight is 266 g/mol. The van der Waals surface area contributed by atoms with Gasteiger partial charge in [-0.15, -0.1) is 0 Å². The van der Waals surface area contributed by atoms with Crippen molar-refractivity contribution in [3.8, 4) is 5.75 Å². The van der Waals surface area contributed by atoms with Crippen LogP contribution in [-0.4, -0.2) is 22.2 Å². The molecule has 4 heteroatoms. The van der Waals surface area contributed by atoms with Crippen LogP contribution in [0.15, 0.2) is 54.9 Å². The van der Waals surface area contributed by atoms with Crippen LogP contribution in [0.3, 0.4) is 0 Å². The molecule has 20 heavy (non-hydrogen) atoms. The summed E-state index contributed by atoms with van der Waals surface area (Å²) in [4.78, 5) is 8.48. The van der Waals surface area contributed by atoms with E-state index in [1.807, 2.05) is 30.3 Å². The van der Waals surface area contributed by atoms with Crippen molar-refractivity contribution in [1.82, 2.24) is 9.97 Å². The van der Waals surface area contributed by atoms with Crippen LogP contribution in [0.25, 0.3) is 10.9 Å². The minimum absolute atomic E-state index is 0.512. The van der Waals surface area contributed by atoms with E-state index in [0.717, 1.165) is 16.5 Å². The molecule has 0 aliphatic rings. The smallest absolute Gasteiger partial charge is 0.143 e. The molecule has 0 saturated heterocycles. The number of hydrogen-bond donors (Lipinski definition) is 1. The molecule has 2 heterocycles. The van der Waals surface area contributed by atoms with E-state index in [1.54, 1.807) is 31.6 Å². The second kappa shape index (κ2) is 5.27. The first-order valence-electron chi connectivity index (χ1n) is 6.31. The summed E-state index contributed by atoms with van der Waals surface area (Å²) < 4.78 is 5.24. The second-order valence-corrected chi connectivity index (χ2v) is 4.45. The molecule has 0 bridgehead atoms. The van der Waals surface area contributed by atoms with E-state index in [-0.39, 0.29) is 0 Å². The zero-order valence-corrected chi connectivity index (χ0v) is 11.0. The third kappa shape index (κ3) is 2.21. The number of methoxy groups -OCH3 is 1. The lowest BCUT2D eigenvalue weighted by molar-refractivity contribution is 0.209. The van der Waals surface area contributed by atoms with E-state index in [1.165, 1.54) is 0 Å². The maximum Gasteiger partial charge on any atom is 0.143 e. The molecule has 4 nitrogen and oxygen atoms in total. The van der Waals surface area contributed by atoms with Gasteiger partial charge in [-0.1, -0.05) is 12.1 Å². The van der Waals surface area contributed by atoms with Crippen molar-refractivity contribution in [2.45, 2.75) is 6.10 Å². The van der Waals surface area contributed by atoms with Crippen LogP contribution < -0.4 is 4.74 Å². The number of benzene rings is 1. The number of ether oxygens (including phenoxy) is 1. The van der Waals surface area contributed by atoms with Crippen LogP contribution in [-0.2, 0) is 0 Å². The van der Waals surface area contributed by atoms with Crippen molar-refractivity contribution in [2.75, 3.05) is 7.11 Å². The fraction of sp³-hybridized carbons (Fsp3) is 0.125. The molecule has 3 rings (SSSR count). The van der Waals surface area contributed by atoms with Gasteiger partial charge >= 0.3 is 0 Å². The molecule has 0 fully saturated rings. The number of nitrogens with zero attached hydrogens (tertiary/aromatic N) is 2. The number of fused-ring (bicyclic) bond motifs is 1. The van der Waals surface area contributed by atoms with Crippen LogP contribution in [0, 0.1) is 0 Å². The number of hydrogen-bond acceptors (Lipinski definition) is 4. The molecule has 1 aromatic carbocycles. The van der Waals surface area contributed by atoms with Gasteiger partial charge in [0.15, 0.2) is 0 Å². The quantitative estimate of drug-likeness (QED) is 0.792. The van der Waals surface area contributed by atoms with Crippen molar-refractivity contribution in [3.63, 3.8) is 0 Å². The first-order chi connectivity index (χ1) is 9.79. The highest BCUT2D eigenvalue weighted by Gasteiger charge is 2.16. The molecule has 100 valence electrons. The first-order valence-corrected chi connectivity index (χ1v) is 6.31. The summed E-state index contributed by atoms with van der Waals surface area (Å²) in [6.45, 7) is 0. The Morgan fingerprint density at radius 2 is 1.85 bits per heavy atom.